The Morgan fingerprint density at radius 1 is 1.62 bits per heavy atom. The molecule has 0 saturated heterocycles. The molecule has 1 saturated carbocycles. The van der Waals surface area contributed by atoms with Gasteiger partial charge in [-0.3, -0.25) is 4.79 Å². The van der Waals surface area contributed by atoms with Crippen LogP contribution in [-0.4, -0.2) is 26.0 Å². The van der Waals surface area contributed by atoms with Crippen LogP contribution in [0.1, 0.15) is 18.2 Å². The molecule has 0 aliphatic heterocycles. The Balaban J connectivity index is 1.98. The molecule has 82 valence electrons. The summed E-state index contributed by atoms with van der Waals surface area (Å²) in [5.74, 6) is -0.290. The molecule has 0 amide bonds. The van der Waals surface area contributed by atoms with Gasteiger partial charge in [0.25, 0.3) is 0 Å². The summed E-state index contributed by atoms with van der Waals surface area (Å²) >= 11 is 3.33. The van der Waals surface area contributed by atoms with E-state index in [1.807, 2.05) is 6.07 Å². The number of nitrogens with zero attached hydrogens (tertiary/aromatic N) is 2. The zero-order chi connectivity index (χ0) is 11.3. The zero-order valence-corrected chi connectivity index (χ0v) is 9.73. The van der Waals surface area contributed by atoms with E-state index in [1.165, 1.54) is 0 Å². The number of aromatic amines is 1. The van der Waals surface area contributed by atoms with Crippen LogP contribution in [0.15, 0.2) is 16.7 Å². The molecule has 2 atom stereocenters. The first kappa shape index (κ1) is 9.77. The summed E-state index contributed by atoms with van der Waals surface area (Å²) in [6, 6.07) is 1.89. The van der Waals surface area contributed by atoms with Crippen molar-refractivity contribution in [1.82, 2.24) is 15.0 Å². The van der Waals surface area contributed by atoms with Crippen molar-refractivity contribution >= 4 is 33.1 Å². The van der Waals surface area contributed by atoms with Crippen LogP contribution in [0.3, 0.4) is 0 Å². The molecule has 0 aromatic carbocycles. The van der Waals surface area contributed by atoms with Crippen LogP contribution in [0.5, 0.6) is 0 Å². The Hall–Kier alpha value is -1.43. The first-order valence-corrected chi connectivity index (χ1v) is 5.68. The average molecular weight is 282 g/mol. The Morgan fingerprint density at radius 3 is 3.12 bits per heavy atom. The first-order valence-electron chi connectivity index (χ1n) is 4.89. The van der Waals surface area contributed by atoms with Gasteiger partial charge in [0.1, 0.15) is 5.82 Å². The molecule has 5 nitrogen and oxygen atoms in total. The molecular formula is C10H8BrN3O2. The van der Waals surface area contributed by atoms with Crippen LogP contribution in [0.25, 0.3) is 11.2 Å². The van der Waals surface area contributed by atoms with Gasteiger partial charge in [-0.2, -0.15) is 0 Å². The van der Waals surface area contributed by atoms with Gasteiger partial charge in [-0.25, -0.2) is 9.97 Å². The molecule has 2 heterocycles. The lowest BCUT2D eigenvalue weighted by molar-refractivity contribution is -0.138. The number of hydrogen-bond donors (Lipinski definition) is 2. The summed E-state index contributed by atoms with van der Waals surface area (Å²) in [6.45, 7) is 0. The Labute approximate surface area is 99.0 Å². The third-order valence-electron chi connectivity index (χ3n) is 2.78. The van der Waals surface area contributed by atoms with Gasteiger partial charge in [0.15, 0.2) is 5.65 Å². The van der Waals surface area contributed by atoms with Crippen LogP contribution in [0.4, 0.5) is 0 Å². The summed E-state index contributed by atoms with van der Waals surface area (Å²) in [6.07, 6.45) is 2.34. The number of carboxylic acids is 1. The SMILES string of the molecule is O=C(O)C1CC1c1nc2ncc(Br)cc2[nH]1. The van der Waals surface area contributed by atoms with Gasteiger partial charge in [0.05, 0.1) is 11.4 Å². The number of pyridine rings is 1. The minimum atomic E-state index is -0.750. The molecule has 2 unspecified atom stereocenters. The highest BCUT2D eigenvalue weighted by atomic mass is 79.9. The van der Waals surface area contributed by atoms with Gasteiger partial charge < -0.3 is 10.1 Å². The van der Waals surface area contributed by atoms with E-state index in [4.69, 9.17) is 5.11 Å². The van der Waals surface area contributed by atoms with Crippen molar-refractivity contribution in [1.29, 1.82) is 0 Å². The minimum absolute atomic E-state index is 0.0190. The summed E-state index contributed by atoms with van der Waals surface area (Å²) < 4.78 is 0.876. The van der Waals surface area contributed by atoms with Crippen LogP contribution in [0.2, 0.25) is 0 Å². The molecule has 2 N–H and O–H groups in total. The van der Waals surface area contributed by atoms with E-state index >= 15 is 0 Å². The van der Waals surface area contributed by atoms with Crippen molar-refractivity contribution in [2.45, 2.75) is 12.3 Å². The number of fused-ring (bicyclic) bond motifs is 1. The van der Waals surface area contributed by atoms with Crippen LogP contribution in [-0.2, 0) is 4.79 Å². The van der Waals surface area contributed by atoms with E-state index in [2.05, 4.69) is 30.9 Å². The molecule has 2 aromatic heterocycles. The smallest absolute Gasteiger partial charge is 0.307 e. The number of aliphatic carboxylic acids is 1. The number of imidazole rings is 1. The van der Waals surface area contributed by atoms with E-state index in [9.17, 15) is 4.79 Å². The quantitative estimate of drug-likeness (QED) is 0.881. The second kappa shape index (κ2) is 3.28. The van der Waals surface area contributed by atoms with Gasteiger partial charge in [0, 0.05) is 16.6 Å². The molecule has 1 aliphatic carbocycles. The molecule has 16 heavy (non-hydrogen) atoms. The van der Waals surface area contributed by atoms with E-state index in [0.717, 1.165) is 15.8 Å². The second-order valence-corrected chi connectivity index (χ2v) is 4.85. The monoisotopic (exact) mass is 281 g/mol. The van der Waals surface area contributed by atoms with Crippen LogP contribution < -0.4 is 0 Å². The van der Waals surface area contributed by atoms with Gasteiger partial charge in [-0.1, -0.05) is 0 Å². The van der Waals surface area contributed by atoms with E-state index < -0.39 is 5.97 Å². The van der Waals surface area contributed by atoms with Gasteiger partial charge in [-0.15, -0.1) is 0 Å². The highest BCUT2D eigenvalue weighted by molar-refractivity contribution is 9.10. The summed E-state index contributed by atoms with van der Waals surface area (Å²) in [7, 11) is 0. The predicted octanol–water partition coefficient (Wildman–Crippen LogP) is 1.91. The zero-order valence-electron chi connectivity index (χ0n) is 8.14. The third kappa shape index (κ3) is 1.49. The van der Waals surface area contributed by atoms with E-state index in [1.54, 1.807) is 6.20 Å². The topological polar surface area (TPSA) is 78.9 Å². The molecule has 1 aliphatic rings. The third-order valence-corrected chi connectivity index (χ3v) is 3.21. The van der Waals surface area contributed by atoms with Crippen molar-refractivity contribution in [2.24, 2.45) is 5.92 Å². The van der Waals surface area contributed by atoms with Crippen LogP contribution in [0, 0.1) is 5.92 Å². The lowest BCUT2D eigenvalue weighted by Gasteiger charge is -1.89. The number of hydrogen-bond acceptors (Lipinski definition) is 3. The molecule has 0 bridgehead atoms. The van der Waals surface area contributed by atoms with Crippen molar-refractivity contribution in [3.05, 3.63) is 22.6 Å². The maximum Gasteiger partial charge on any atom is 0.307 e. The van der Waals surface area contributed by atoms with Gasteiger partial charge in [-0.05, 0) is 28.4 Å². The molecule has 0 radical (unpaired) electrons. The van der Waals surface area contributed by atoms with Crippen molar-refractivity contribution in [3.8, 4) is 0 Å². The van der Waals surface area contributed by atoms with Gasteiger partial charge in [0.2, 0.25) is 0 Å². The highest BCUT2D eigenvalue weighted by Crippen LogP contribution is 2.46. The summed E-state index contributed by atoms with van der Waals surface area (Å²) in [5.41, 5.74) is 1.47. The molecule has 1 fully saturated rings. The fraction of sp³-hybridized carbons (Fsp3) is 0.300. The number of H-pyrrole nitrogens is 1. The van der Waals surface area contributed by atoms with Crippen molar-refractivity contribution in [2.75, 3.05) is 0 Å². The fourth-order valence-electron chi connectivity index (χ4n) is 1.84. The van der Waals surface area contributed by atoms with Crippen molar-refractivity contribution < 1.29 is 9.90 Å². The predicted molar refractivity (Wildman–Crippen MR) is 60.1 cm³/mol. The Bertz CT molecular complexity index is 580. The number of rotatable bonds is 2. The average Bonchev–Trinajstić information content (AvgIpc) is 2.93. The maximum absolute atomic E-state index is 10.7. The number of halogens is 1. The molecule has 3 rings (SSSR count). The lowest BCUT2D eigenvalue weighted by atomic mass is 10.3. The summed E-state index contributed by atoms with van der Waals surface area (Å²) in [5, 5.41) is 8.84. The molecule has 2 aromatic rings. The molecular weight excluding hydrogens is 274 g/mol. The lowest BCUT2D eigenvalue weighted by Crippen LogP contribution is -1.99. The molecule has 6 heteroatoms. The van der Waals surface area contributed by atoms with E-state index in [-0.39, 0.29) is 11.8 Å². The van der Waals surface area contributed by atoms with Crippen molar-refractivity contribution in [3.63, 3.8) is 0 Å². The fourth-order valence-corrected chi connectivity index (χ4v) is 2.17. The maximum atomic E-state index is 10.7. The Kier molecular flexibility index (Phi) is 2.00. The standard InChI is InChI=1S/C10H8BrN3O2/c11-4-1-7-9(12-3-4)14-8(13-7)5-2-6(5)10(15)16/h1,3,5-6H,2H2,(H,15,16)(H,12,13,14). The molecule has 0 spiro atoms. The minimum Gasteiger partial charge on any atom is -0.481 e. The summed E-state index contributed by atoms with van der Waals surface area (Å²) in [4.78, 5) is 22.3. The van der Waals surface area contributed by atoms with Gasteiger partial charge >= 0.3 is 5.97 Å². The normalized spacial score (nSPS) is 23.6. The number of aromatic nitrogens is 3. The Morgan fingerprint density at radius 2 is 2.44 bits per heavy atom. The number of carbonyl (C=O) groups is 1. The first-order chi connectivity index (χ1) is 7.65. The van der Waals surface area contributed by atoms with Crippen LogP contribution >= 0.6 is 15.9 Å². The number of carboxylic acid groups (broad SMARTS) is 1. The number of nitrogens with one attached hydrogen (secondary N) is 1. The highest BCUT2D eigenvalue weighted by Gasteiger charge is 2.46. The largest absolute Gasteiger partial charge is 0.481 e. The van der Waals surface area contributed by atoms with E-state index in [0.29, 0.717) is 12.1 Å². The second-order valence-electron chi connectivity index (χ2n) is 3.93.